The number of nitrogen functional groups attached to an aromatic ring is 1. The summed E-state index contributed by atoms with van der Waals surface area (Å²) in [6.45, 7) is 0. The molecule has 4 heteroatoms. The van der Waals surface area contributed by atoms with Gasteiger partial charge in [0.2, 0.25) is 5.91 Å². The molecular formula is C13H15N3O. The van der Waals surface area contributed by atoms with Crippen molar-refractivity contribution in [3.63, 3.8) is 0 Å². The van der Waals surface area contributed by atoms with Gasteiger partial charge >= 0.3 is 0 Å². The summed E-state index contributed by atoms with van der Waals surface area (Å²) in [6.07, 6.45) is 3.70. The number of carbonyl (C=O) groups is 1. The average Bonchev–Trinajstić information content (AvgIpc) is 2.47. The van der Waals surface area contributed by atoms with Gasteiger partial charge in [-0.25, -0.2) is 5.43 Å². The zero-order valence-corrected chi connectivity index (χ0v) is 9.57. The third-order valence-corrected chi connectivity index (χ3v) is 3.52. The Labute approximate surface area is 99.9 Å². The van der Waals surface area contributed by atoms with Crippen LogP contribution in [0.1, 0.15) is 30.4 Å². The first-order valence-electron chi connectivity index (χ1n) is 5.99. The van der Waals surface area contributed by atoms with Crippen molar-refractivity contribution in [2.75, 3.05) is 5.73 Å². The van der Waals surface area contributed by atoms with Crippen LogP contribution in [0.5, 0.6) is 0 Å². The average molecular weight is 229 g/mol. The van der Waals surface area contributed by atoms with Gasteiger partial charge < -0.3 is 5.73 Å². The lowest BCUT2D eigenvalue weighted by Gasteiger charge is -2.21. The Morgan fingerprint density at radius 3 is 3.18 bits per heavy atom. The predicted molar refractivity (Wildman–Crippen MR) is 66.6 cm³/mol. The van der Waals surface area contributed by atoms with Crippen LogP contribution >= 0.6 is 0 Å². The maximum Gasteiger partial charge on any atom is 0.240 e. The third kappa shape index (κ3) is 1.79. The Bertz CT molecular complexity index is 507. The fraction of sp³-hybridized carbons (Fsp3) is 0.385. The Morgan fingerprint density at radius 1 is 1.41 bits per heavy atom. The van der Waals surface area contributed by atoms with Crippen LogP contribution in [0.4, 0.5) is 5.69 Å². The van der Waals surface area contributed by atoms with Crippen LogP contribution in [0.3, 0.4) is 0 Å². The molecule has 1 aromatic rings. The van der Waals surface area contributed by atoms with Gasteiger partial charge in [0.1, 0.15) is 0 Å². The summed E-state index contributed by atoms with van der Waals surface area (Å²) in [6, 6.07) is 5.95. The highest BCUT2D eigenvalue weighted by molar-refractivity contribution is 6.07. The highest BCUT2D eigenvalue weighted by Gasteiger charge is 2.28. The SMILES string of the molecule is Nc1ccc2c(c1)CCC[C@H]1CC(=O)NN=C21. The molecule has 17 heavy (non-hydrogen) atoms. The number of hydrogen-bond acceptors (Lipinski definition) is 3. The molecule has 1 aliphatic carbocycles. The van der Waals surface area contributed by atoms with Crippen LogP contribution in [0.2, 0.25) is 0 Å². The second kappa shape index (κ2) is 3.87. The first-order valence-corrected chi connectivity index (χ1v) is 5.99. The molecule has 0 bridgehead atoms. The van der Waals surface area contributed by atoms with Crippen molar-refractivity contribution in [3.8, 4) is 0 Å². The zero-order chi connectivity index (χ0) is 11.8. The highest BCUT2D eigenvalue weighted by atomic mass is 16.2. The molecule has 0 saturated heterocycles. The van der Waals surface area contributed by atoms with E-state index in [9.17, 15) is 4.79 Å². The molecule has 4 nitrogen and oxygen atoms in total. The topological polar surface area (TPSA) is 67.5 Å². The molecule has 1 amide bonds. The molecule has 0 aromatic heterocycles. The Morgan fingerprint density at radius 2 is 2.29 bits per heavy atom. The normalized spacial score (nSPS) is 22.9. The first kappa shape index (κ1) is 10.3. The smallest absolute Gasteiger partial charge is 0.240 e. The first-order chi connectivity index (χ1) is 8.24. The van der Waals surface area contributed by atoms with E-state index in [4.69, 9.17) is 5.73 Å². The molecule has 1 aromatic carbocycles. The van der Waals surface area contributed by atoms with Gasteiger partial charge in [-0.05, 0) is 37.0 Å². The van der Waals surface area contributed by atoms with Crippen molar-refractivity contribution in [2.45, 2.75) is 25.7 Å². The highest BCUT2D eigenvalue weighted by Crippen LogP contribution is 2.29. The number of aryl methyl sites for hydroxylation is 1. The van der Waals surface area contributed by atoms with Crippen LogP contribution in [0.25, 0.3) is 0 Å². The summed E-state index contributed by atoms with van der Waals surface area (Å²) < 4.78 is 0. The van der Waals surface area contributed by atoms with Crippen LogP contribution in [0.15, 0.2) is 23.3 Å². The molecule has 88 valence electrons. The minimum Gasteiger partial charge on any atom is -0.399 e. The predicted octanol–water partition coefficient (Wildman–Crippen LogP) is 1.45. The van der Waals surface area contributed by atoms with Crippen LogP contribution in [-0.2, 0) is 11.2 Å². The van der Waals surface area contributed by atoms with E-state index in [-0.39, 0.29) is 11.8 Å². The summed E-state index contributed by atoms with van der Waals surface area (Å²) >= 11 is 0. The standard InChI is InChI=1S/C13H15N3O/c14-10-4-5-11-8(6-10)2-1-3-9-7-12(17)15-16-13(9)11/h4-6,9H,1-3,7,14H2,(H,15,17)/t9-/m0/s1. The number of hydrazone groups is 1. The van der Waals surface area contributed by atoms with E-state index in [1.54, 1.807) is 0 Å². The van der Waals surface area contributed by atoms with Crippen molar-refractivity contribution in [2.24, 2.45) is 11.0 Å². The molecule has 2 aliphatic rings. The zero-order valence-electron chi connectivity index (χ0n) is 9.57. The molecule has 3 rings (SSSR count). The molecule has 0 saturated carbocycles. The molecule has 0 spiro atoms. The number of nitrogens with zero attached hydrogens (tertiary/aromatic N) is 1. The third-order valence-electron chi connectivity index (χ3n) is 3.52. The number of anilines is 1. The fourth-order valence-electron chi connectivity index (χ4n) is 2.71. The summed E-state index contributed by atoms with van der Waals surface area (Å²) in [5, 5.41) is 4.24. The lowest BCUT2D eigenvalue weighted by Crippen LogP contribution is -2.33. The van der Waals surface area contributed by atoms with Crippen molar-refractivity contribution in [1.82, 2.24) is 5.43 Å². The molecule has 3 N–H and O–H groups in total. The van der Waals surface area contributed by atoms with Gasteiger partial charge in [0.05, 0.1) is 5.71 Å². The van der Waals surface area contributed by atoms with Gasteiger partial charge in [0, 0.05) is 23.6 Å². The van der Waals surface area contributed by atoms with Gasteiger partial charge in [-0.1, -0.05) is 6.07 Å². The van der Waals surface area contributed by atoms with Gasteiger partial charge in [-0.3, -0.25) is 4.79 Å². The summed E-state index contributed by atoms with van der Waals surface area (Å²) in [5.41, 5.74) is 12.6. The number of hydrogen-bond donors (Lipinski definition) is 2. The van der Waals surface area contributed by atoms with E-state index in [0.717, 1.165) is 36.2 Å². The minimum absolute atomic E-state index is 0.0256. The lowest BCUT2D eigenvalue weighted by atomic mass is 9.90. The summed E-state index contributed by atoms with van der Waals surface area (Å²) in [4.78, 5) is 11.4. The van der Waals surface area contributed by atoms with Crippen LogP contribution in [0, 0.1) is 5.92 Å². The largest absolute Gasteiger partial charge is 0.399 e. The number of nitrogens with one attached hydrogen (secondary N) is 1. The summed E-state index contributed by atoms with van der Waals surface area (Å²) in [5.74, 6) is 0.297. The van der Waals surface area contributed by atoms with Crippen molar-refractivity contribution < 1.29 is 4.79 Å². The van der Waals surface area contributed by atoms with Crippen LogP contribution in [-0.4, -0.2) is 11.6 Å². The number of amides is 1. The number of rotatable bonds is 0. The summed E-state index contributed by atoms with van der Waals surface area (Å²) in [7, 11) is 0. The Hall–Kier alpha value is -1.84. The monoisotopic (exact) mass is 229 g/mol. The number of fused-ring (bicyclic) bond motifs is 3. The Kier molecular flexibility index (Phi) is 2.35. The van der Waals surface area contributed by atoms with E-state index in [2.05, 4.69) is 10.5 Å². The molecule has 0 fully saturated rings. The van der Waals surface area contributed by atoms with E-state index in [1.165, 1.54) is 5.56 Å². The number of carbonyl (C=O) groups excluding carboxylic acids is 1. The quantitative estimate of drug-likeness (QED) is 0.661. The molecule has 0 unspecified atom stereocenters. The van der Waals surface area contributed by atoms with E-state index < -0.39 is 0 Å². The lowest BCUT2D eigenvalue weighted by molar-refractivity contribution is -0.122. The molecule has 0 radical (unpaired) electrons. The van der Waals surface area contributed by atoms with E-state index in [0.29, 0.717) is 6.42 Å². The number of nitrogens with two attached hydrogens (primary N) is 1. The van der Waals surface area contributed by atoms with Gasteiger partial charge in [-0.15, -0.1) is 0 Å². The Balaban J connectivity index is 2.10. The van der Waals surface area contributed by atoms with Crippen LogP contribution < -0.4 is 11.2 Å². The van der Waals surface area contributed by atoms with E-state index in [1.807, 2.05) is 18.2 Å². The maximum absolute atomic E-state index is 11.4. The second-order valence-electron chi connectivity index (χ2n) is 4.74. The van der Waals surface area contributed by atoms with Crippen molar-refractivity contribution in [3.05, 3.63) is 29.3 Å². The molecule has 1 heterocycles. The van der Waals surface area contributed by atoms with Gasteiger partial charge in [-0.2, -0.15) is 5.10 Å². The second-order valence-corrected chi connectivity index (χ2v) is 4.74. The minimum atomic E-state index is 0.0256. The molecular weight excluding hydrogens is 214 g/mol. The number of benzene rings is 1. The van der Waals surface area contributed by atoms with Crippen molar-refractivity contribution in [1.29, 1.82) is 0 Å². The van der Waals surface area contributed by atoms with Gasteiger partial charge in [0.15, 0.2) is 0 Å². The van der Waals surface area contributed by atoms with Gasteiger partial charge in [0.25, 0.3) is 0 Å². The van der Waals surface area contributed by atoms with E-state index >= 15 is 0 Å². The molecule has 1 aliphatic heterocycles. The molecule has 1 atom stereocenters. The fourth-order valence-corrected chi connectivity index (χ4v) is 2.71. The van der Waals surface area contributed by atoms with Crippen molar-refractivity contribution >= 4 is 17.3 Å². The maximum atomic E-state index is 11.4.